The zero-order valence-corrected chi connectivity index (χ0v) is 11.7. The first-order valence-electron chi connectivity index (χ1n) is 6.16. The highest BCUT2D eigenvalue weighted by Crippen LogP contribution is 2.38. The van der Waals surface area contributed by atoms with Crippen LogP contribution in [0.15, 0.2) is 24.3 Å². The Balaban J connectivity index is 1.94. The molecular formula is C14H12ClFN2S. The molecule has 0 radical (unpaired) electrons. The van der Waals surface area contributed by atoms with Crippen LogP contribution in [-0.2, 0) is 6.42 Å². The lowest BCUT2D eigenvalue weighted by atomic mass is 10.1. The summed E-state index contributed by atoms with van der Waals surface area (Å²) in [5, 5.41) is 0.134. The third-order valence-electron chi connectivity index (χ3n) is 3.22. The van der Waals surface area contributed by atoms with Gasteiger partial charge in [-0.3, -0.25) is 0 Å². The monoisotopic (exact) mass is 294 g/mol. The van der Waals surface area contributed by atoms with E-state index < -0.39 is 0 Å². The molecule has 0 aliphatic heterocycles. The summed E-state index contributed by atoms with van der Waals surface area (Å²) in [7, 11) is 0. The molecule has 1 N–H and O–H groups in total. The summed E-state index contributed by atoms with van der Waals surface area (Å²) in [5.41, 5.74) is 1.64. The largest absolute Gasteiger partial charge is 0.347 e. The number of H-pyrrole nitrogens is 1. The standard InChI is InChI=1S/C14H12ClFN2S/c15-10-3-1-2-9(14(10)16)6-12-17-11(8-4-5-8)7-13(19)18-12/h1-3,7-8H,4-6H2,(H,17,18,19). The molecule has 3 rings (SSSR count). The minimum Gasteiger partial charge on any atom is -0.347 e. The van der Waals surface area contributed by atoms with Gasteiger partial charge in [-0.15, -0.1) is 0 Å². The van der Waals surface area contributed by atoms with E-state index in [2.05, 4.69) is 9.97 Å². The van der Waals surface area contributed by atoms with Gasteiger partial charge < -0.3 is 4.98 Å². The van der Waals surface area contributed by atoms with E-state index in [1.807, 2.05) is 6.07 Å². The number of benzene rings is 1. The Labute approximate surface area is 120 Å². The number of nitrogens with one attached hydrogen (secondary N) is 1. The number of halogens is 2. The van der Waals surface area contributed by atoms with Crippen LogP contribution in [0.25, 0.3) is 0 Å². The fourth-order valence-corrected chi connectivity index (χ4v) is 2.52. The second-order valence-electron chi connectivity index (χ2n) is 4.79. The lowest BCUT2D eigenvalue weighted by Crippen LogP contribution is -2.02. The van der Waals surface area contributed by atoms with E-state index in [0.29, 0.717) is 28.4 Å². The van der Waals surface area contributed by atoms with E-state index in [4.69, 9.17) is 23.8 Å². The van der Waals surface area contributed by atoms with Gasteiger partial charge in [0.15, 0.2) is 0 Å². The van der Waals surface area contributed by atoms with Crippen molar-refractivity contribution in [2.45, 2.75) is 25.2 Å². The van der Waals surface area contributed by atoms with Crippen molar-refractivity contribution in [1.82, 2.24) is 9.97 Å². The summed E-state index contributed by atoms with van der Waals surface area (Å²) in [6.07, 6.45) is 2.73. The molecule has 1 heterocycles. The molecule has 1 aromatic heterocycles. The third-order valence-corrected chi connectivity index (χ3v) is 3.72. The first-order chi connectivity index (χ1) is 9.13. The van der Waals surface area contributed by atoms with E-state index in [-0.39, 0.29) is 10.8 Å². The molecule has 0 unspecified atom stereocenters. The molecule has 1 aliphatic carbocycles. The summed E-state index contributed by atoms with van der Waals surface area (Å²) in [4.78, 5) is 7.51. The normalized spacial score (nSPS) is 14.6. The molecule has 1 aromatic carbocycles. The van der Waals surface area contributed by atoms with Crippen LogP contribution in [0.2, 0.25) is 5.02 Å². The molecule has 0 spiro atoms. The predicted molar refractivity (Wildman–Crippen MR) is 75.6 cm³/mol. The van der Waals surface area contributed by atoms with Crippen LogP contribution in [-0.4, -0.2) is 9.97 Å². The summed E-state index contributed by atoms with van der Waals surface area (Å²) in [5.74, 6) is 0.866. The van der Waals surface area contributed by atoms with E-state index in [1.54, 1.807) is 12.1 Å². The Bertz CT molecular complexity index is 679. The maximum atomic E-state index is 13.9. The molecule has 1 aliphatic rings. The molecular weight excluding hydrogens is 283 g/mol. The highest BCUT2D eigenvalue weighted by Gasteiger charge is 2.24. The van der Waals surface area contributed by atoms with Crippen molar-refractivity contribution in [1.29, 1.82) is 0 Å². The summed E-state index contributed by atoms with van der Waals surface area (Å²) in [6, 6.07) is 6.88. The van der Waals surface area contributed by atoms with Crippen molar-refractivity contribution in [2.75, 3.05) is 0 Å². The van der Waals surface area contributed by atoms with Crippen molar-refractivity contribution in [2.24, 2.45) is 0 Å². The van der Waals surface area contributed by atoms with Gasteiger partial charge in [0, 0.05) is 12.1 Å². The molecule has 1 saturated carbocycles. The third kappa shape index (κ3) is 2.85. The Morgan fingerprint density at radius 1 is 1.42 bits per heavy atom. The summed E-state index contributed by atoms with van der Waals surface area (Å²) < 4.78 is 14.4. The molecule has 0 amide bonds. The number of hydrogen-bond donors (Lipinski definition) is 1. The van der Waals surface area contributed by atoms with Crippen LogP contribution in [0.3, 0.4) is 0 Å². The molecule has 19 heavy (non-hydrogen) atoms. The number of hydrogen-bond acceptors (Lipinski definition) is 2. The van der Waals surface area contributed by atoms with Crippen LogP contribution in [0.1, 0.15) is 35.8 Å². The second-order valence-corrected chi connectivity index (χ2v) is 5.61. The lowest BCUT2D eigenvalue weighted by Gasteiger charge is -2.07. The van der Waals surface area contributed by atoms with Crippen molar-refractivity contribution >= 4 is 23.8 Å². The molecule has 98 valence electrons. The number of aromatic nitrogens is 2. The van der Waals surface area contributed by atoms with Crippen molar-refractivity contribution in [3.05, 3.63) is 56.8 Å². The van der Waals surface area contributed by atoms with Crippen LogP contribution in [0.4, 0.5) is 4.39 Å². The molecule has 5 heteroatoms. The Morgan fingerprint density at radius 2 is 2.21 bits per heavy atom. The van der Waals surface area contributed by atoms with Gasteiger partial charge in [-0.2, -0.15) is 0 Å². The quantitative estimate of drug-likeness (QED) is 0.850. The van der Waals surface area contributed by atoms with Gasteiger partial charge in [0.2, 0.25) is 0 Å². The fraction of sp³-hybridized carbons (Fsp3) is 0.286. The topological polar surface area (TPSA) is 28.7 Å². The van der Waals surface area contributed by atoms with E-state index >= 15 is 0 Å². The van der Waals surface area contributed by atoms with Gasteiger partial charge in [0.05, 0.1) is 5.02 Å². The van der Waals surface area contributed by atoms with E-state index in [1.165, 1.54) is 18.9 Å². The van der Waals surface area contributed by atoms with Crippen molar-refractivity contribution in [3.63, 3.8) is 0 Å². The number of nitrogens with zero attached hydrogens (tertiary/aromatic N) is 1. The second kappa shape index (κ2) is 5.02. The zero-order chi connectivity index (χ0) is 13.4. The van der Waals surface area contributed by atoms with Gasteiger partial charge in [-0.1, -0.05) is 36.0 Å². The van der Waals surface area contributed by atoms with Crippen LogP contribution in [0, 0.1) is 10.5 Å². The SMILES string of the molecule is Fc1c(Cl)cccc1Cc1nc(=S)cc(C2CC2)[nH]1. The van der Waals surface area contributed by atoms with Gasteiger partial charge in [-0.05, 0) is 36.5 Å². The van der Waals surface area contributed by atoms with Crippen molar-refractivity contribution in [3.8, 4) is 0 Å². The minimum atomic E-state index is -0.387. The maximum absolute atomic E-state index is 13.9. The van der Waals surface area contributed by atoms with Gasteiger partial charge >= 0.3 is 0 Å². The number of rotatable bonds is 3. The fourth-order valence-electron chi connectivity index (χ4n) is 2.09. The first-order valence-corrected chi connectivity index (χ1v) is 6.95. The molecule has 0 bridgehead atoms. The number of aromatic amines is 1. The van der Waals surface area contributed by atoms with Gasteiger partial charge in [-0.25, -0.2) is 9.37 Å². The molecule has 0 atom stereocenters. The Hall–Kier alpha value is -1.26. The molecule has 2 aromatic rings. The van der Waals surface area contributed by atoms with Crippen LogP contribution in [0.5, 0.6) is 0 Å². The van der Waals surface area contributed by atoms with Gasteiger partial charge in [0.25, 0.3) is 0 Å². The zero-order valence-electron chi connectivity index (χ0n) is 10.1. The molecule has 1 fully saturated rings. The summed E-state index contributed by atoms with van der Waals surface area (Å²) in [6.45, 7) is 0. The molecule has 2 nitrogen and oxygen atoms in total. The first kappa shape index (κ1) is 12.8. The highest BCUT2D eigenvalue weighted by molar-refractivity contribution is 7.71. The highest BCUT2D eigenvalue weighted by atomic mass is 35.5. The van der Waals surface area contributed by atoms with Crippen LogP contribution >= 0.6 is 23.8 Å². The lowest BCUT2D eigenvalue weighted by molar-refractivity contribution is 0.612. The maximum Gasteiger partial charge on any atom is 0.145 e. The summed E-state index contributed by atoms with van der Waals surface area (Å²) >= 11 is 10.9. The Morgan fingerprint density at radius 3 is 2.95 bits per heavy atom. The smallest absolute Gasteiger partial charge is 0.145 e. The van der Waals surface area contributed by atoms with E-state index in [9.17, 15) is 4.39 Å². The van der Waals surface area contributed by atoms with Crippen LogP contribution < -0.4 is 0 Å². The van der Waals surface area contributed by atoms with Gasteiger partial charge in [0.1, 0.15) is 16.3 Å². The predicted octanol–water partition coefficient (Wildman–Crippen LogP) is 4.40. The average molecular weight is 295 g/mol. The average Bonchev–Trinajstić information content (AvgIpc) is 3.18. The molecule has 0 saturated heterocycles. The van der Waals surface area contributed by atoms with E-state index in [0.717, 1.165) is 5.69 Å². The van der Waals surface area contributed by atoms with Crippen molar-refractivity contribution < 1.29 is 4.39 Å². The minimum absolute atomic E-state index is 0.134. The Kier molecular flexibility index (Phi) is 3.37.